The van der Waals surface area contributed by atoms with Crippen LogP contribution in [0.25, 0.3) is 0 Å². The number of halogens is 3. The molecule has 13 heteroatoms. The Morgan fingerprint density at radius 3 is 1.81 bits per heavy atom. The number of carboxylic acids is 1. The standard InChI is InChI=1S/C13H21F3N3O5PS/c14-13(15,16)12(22)17(9-11(20)21)10-25(26,18-1-5-23-6-2-18)19-3-7-24-8-4-19/h1-10H2,(H,20,21). The number of carbonyl (C=O) groups is 2. The summed E-state index contributed by atoms with van der Waals surface area (Å²) in [6, 6.07) is 0. The highest BCUT2D eigenvalue weighted by molar-refractivity contribution is 8.12. The van der Waals surface area contributed by atoms with Crippen molar-refractivity contribution in [2.75, 3.05) is 65.4 Å². The van der Waals surface area contributed by atoms with Gasteiger partial charge >= 0.3 is 18.1 Å². The molecule has 2 heterocycles. The highest BCUT2D eigenvalue weighted by Gasteiger charge is 2.46. The van der Waals surface area contributed by atoms with Crippen molar-refractivity contribution in [3.05, 3.63) is 0 Å². The topological polar surface area (TPSA) is 82.6 Å². The second-order valence-corrected chi connectivity index (χ2v) is 10.3. The smallest absolute Gasteiger partial charge is 0.471 e. The van der Waals surface area contributed by atoms with E-state index < -0.39 is 37.2 Å². The van der Waals surface area contributed by atoms with Crippen molar-refractivity contribution >= 4 is 30.0 Å². The average Bonchev–Trinajstić information content (AvgIpc) is 2.60. The number of nitrogens with zero attached hydrogens (tertiary/aromatic N) is 3. The molecule has 1 N–H and O–H groups in total. The minimum absolute atomic E-state index is 0.314. The molecule has 2 rings (SSSR count). The third-order valence-corrected chi connectivity index (χ3v) is 9.08. The summed E-state index contributed by atoms with van der Waals surface area (Å²) in [5, 5.41) is 8.97. The van der Waals surface area contributed by atoms with Crippen molar-refractivity contribution in [3.63, 3.8) is 0 Å². The minimum atomic E-state index is -5.16. The van der Waals surface area contributed by atoms with Crippen LogP contribution in [0.4, 0.5) is 13.2 Å². The molecule has 0 aromatic carbocycles. The highest BCUT2D eigenvalue weighted by atomic mass is 32.4. The second-order valence-electron chi connectivity index (χ2n) is 5.83. The van der Waals surface area contributed by atoms with Crippen LogP contribution in [-0.4, -0.2) is 103 Å². The van der Waals surface area contributed by atoms with Gasteiger partial charge in [-0.1, -0.05) is 11.8 Å². The molecule has 2 fully saturated rings. The fraction of sp³-hybridized carbons (Fsp3) is 0.846. The number of aliphatic carboxylic acids is 1. The molecule has 0 aromatic rings. The van der Waals surface area contributed by atoms with Crippen molar-refractivity contribution in [1.29, 1.82) is 0 Å². The first-order chi connectivity index (χ1) is 12.1. The Hall–Kier alpha value is -0.780. The van der Waals surface area contributed by atoms with E-state index in [1.165, 1.54) is 0 Å². The number of carbonyl (C=O) groups excluding carboxylic acids is 1. The number of alkyl halides is 3. The third kappa shape index (κ3) is 5.37. The van der Waals surface area contributed by atoms with Gasteiger partial charge in [-0.2, -0.15) is 13.2 Å². The van der Waals surface area contributed by atoms with Gasteiger partial charge in [0.25, 0.3) is 0 Å². The van der Waals surface area contributed by atoms with Gasteiger partial charge in [0.05, 0.1) is 39.1 Å². The summed E-state index contributed by atoms with van der Waals surface area (Å²) in [7, 11) is 0. The van der Waals surface area contributed by atoms with E-state index in [0.29, 0.717) is 57.5 Å². The molecule has 0 unspecified atom stereocenters. The molecule has 0 aromatic heterocycles. The maximum atomic E-state index is 12.9. The van der Waals surface area contributed by atoms with Crippen LogP contribution < -0.4 is 0 Å². The first-order valence-corrected chi connectivity index (χ1v) is 10.9. The van der Waals surface area contributed by atoms with Gasteiger partial charge in [0.15, 0.2) is 0 Å². The van der Waals surface area contributed by atoms with Gasteiger partial charge in [-0.05, 0) is 0 Å². The Balaban J connectivity index is 2.30. The zero-order chi connectivity index (χ0) is 19.4. The van der Waals surface area contributed by atoms with Crippen LogP contribution in [-0.2, 0) is 30.9 Å². The van der Waals surface area contributed by atoms with Crippen LogP contribution in [0.2, 0.25) is 0 Å². The summed E-state index contributed by atoms with van der Waals surface area (Å²) in [6.07, 6.45) is -8.44. The zero-order valence-electron chi connectivity index (χ0n) is 14.0. The van der Waals surface area contributed by atoms with E-state index in [9.17, 15) is 22.8 Å². The Labute approximate surface area is 153 Å². The van der Waals surface area contributed by atoms with Crippen LogP contribution in [0.3, 0.4) is 0 Å². The number of carboxylic acid groups (broad SMARTS) is 1. The summed E-state index contributed by atoms with van der Waals surface area (Å²) in [5.41, 5.74) is 0. The van der Waals surface area contributed by atoms with E-state index in [0.717, 1.165) is 0 Å². The van der Waals surface area contributed by atoms with Crippen LogP contribution in [0.1, 0.15) is 0 Å². The minimum Gasteiger partial charge on any atom is -0.480 e. The van der Waals surface area contributed by atoms with E-state index in [-0.39, 0.29) is 0 Å². The zero-order valence-corrected chi connectivity index (χ0v) is 15.7. The Bertz CT molecular complexity index is 546. The molecular formula is C13H21F3N3O5PS. The molecular weight excluding hydrogens is 398 g/mol. The number of hydrogen-bond donors (Lipinski definition) is 1. The van der Waals surface area contributed by atoms with Gasteiger partial charge in [-0.25, -0.2) is 0 Å². The average molecular weight is 419 g/mol. The van der Waals surface area contributed by atoms with Crippen molar-refractivity contribution in [1.82, 2.24) is 14.2 Å². The summed E-state index contributed by atoms with van der Waals surface area (Å²) >= 11 is 5.81. The maximum Gasteiger partial charge on any atom is 0.471 e. The van der Waals surface area contributed by atoms with Crippen molar-refractivity contribution in [3.8, 4) is 0 Å². The van der Waals surface area contributed by atoms with E-state index >= 15 is 0 Å². The van der Waals surface area contributed by atoms with Gasteiger partial charge in [-0.3, -0.25) is 18.9 Å². The fourth-order valence-corrected chi connectivity index (χ4v) is 7.20. The largest absolute Gasteiger partial charge is 0.480 e. The molecule has 0 spiro atoms. The van der Waals surface area contributed by atoms with Gasteiger partial charge in [0.2, 0.25) is 0 Å². The Morgan fingerprint density at radius 2 is 1.46 bits per heavy atom. The summed E-state index contributed by atoms with van der Waals surface area (Å²) < 4.78 is 53.1. The van der Waals surface area contributed by atoms with E-state index in [4.69, 9.17) is 26.4 Å². The molecule has 2 aliphatic heterocycles. The normalized spacial score (nSPS) is 20.7. The molecule has 150 valence electrons. The highest BCUT2D eigenvalue weighted by Crippen LogP contribution is 2.54. The lowest BCUT2D eigenvalue weighted by Gasteiger charge is -2.47. The fourth-order valence-electron chi connectivity index (χ4n) is 2.84. The van der Waals surface area contributed by atoms with Gasteiger partial charge in [0, 0.05) is 26.2 Å². The maximum absolute atomic E-state index is 12.9. The molecule has 0 aliphatic carbocycles. The van der Waals surface area contributed by atoms with Crippen molar-refractivity contribution in [2.45, 2.75) is 6.18 Å². The van der Waals surface area contributed by atoms with Crippen LogP contribution in [0, 0.1) is 0 Å². The lowest BCUT2D eigenvalue weighted by Crippen LogP contribution is -2.50. The lowest BCUT2D eigenvalue weighted by molar-refractivity contribution is -0.185. The number of hydrogen-bond acceptors (Lipinski definition) is 5. The first kappa shape index (κ1) is 21.5. The molecule has 0 bridgehead atoms. The molecule has 0 radical (unpaired) electrons. The lowest BCUT2D eigenvalue weighted by atomic mass is 10.5. The Kier molecular flexibility index (Phi) is 7.40. The molecule has 2 aliphatic rings. The van der Waals surface area contributed by atoms with Crippen LogP contribution in [0.15, 0.2) is 0 Å². The SMILES string of the molecule is O=C(O)CN(CP(=S)(N1CCOCC1)N1CCOCC1)C(=O)C(F)(F)F. The van der Waals surface area contributed by atoms with Crippen molar-refractivity contribution in [2.24, 2.45) is 0 Å². The number of ether oxygens (including phenoxy) is 2. The molecule has 0 atom stereocenters. The Morgan fingerprint density at radius 1 is 1.04 bits per heavy atom. The van der Waals surface area contributed by atoms with Crippen LogP contribution >= 0.6 is 6.34 Å². The quantitative estimate of drug-likeness (QED) is 0.620. The van der Waals surface area contributed by atoms with Gasteiger partial charge in [0.1, 0.15) is 6.54 Å². The van der Waals surface area contributed by atoms with E-state index in [1.807, 2.05) is 9.34 Å². The number of rotatable bonds is 6. The second kappa shape index (κ2) is 8.94. The van der Waals surface area contributed by atoms with Gasteiger partial charge in [-0.15, -0.1) is 0 Å². The van der Waals surface area contributed by atoms with Gasteiger partial charge < -0.3 is 19.5 Å². The first-order valence-electron chi connectivity index (χ1n) is 7.98. The predicted octanol–water partition coefficient (Wildman–Crippen LogP) is 0.393. The molecule has 1 amide bonds. The molecule has 26 heavy (non-hydrogen) atoms. The number of amides is 1. The van der Waals surface area contributed by atoms with Crippen LogP contribution in [0.5, 0.6) is 0 Å². The third-order valence-electron chi connectivity index (χ3n) is 4.07. The predicted molar refractivity (Wildman–Crippen MR) is 89.3 cm³/mol. The summed E-state index contributed by atoms with van der Waals surface area (Å²) in [6.45, 7) is 2.19. The summed E-state index contributed by atoms with van der Waals surface area (Å²) in [5.74, 6) is -3.70. The number of morpholine rings is 2. The molecule has 2 saturated heterocycles. The monoisotopic (exact) mass is 419 g/mol. The summed E-state index contributed by atoms with van der Waals surface area (Å²) in [4.78, 5) is 23.1. The van der Waals surface area contributed by atoms with Crippen molar-refractivity contribution < 1.29 is 37.3 Å². The van der Waals surface area contributed by atoms with E-state index in [1.54, 1.807) is 0 Å². The van der Waals surface area contributed by atoms with E-state index in [2.05, 4.69) is 0 Å². The molecule has 0 saturated carbocycles. The molecule has 8 nitrogen and oxygen atoms in total.